The van der Waals surface area contributed by atoms with Gasteiger partial charge in [-0.05, 0) is 23.8 Å². The molecular weight excluding hydrogens is 168 g/mol. The number of rotatable bonds is 5. The predicted molar refractivity (Wildman–Crippen MR) is 56.5 cm³/mol. The van der Waals surface area contributed by atoms with Gasteiger partial charge in [0.25, 0.3) is 0 Å². The molecule has 1 aliphatic rings. The minimum Gasteiger partial charge on any atom is -0.329 e. The van der Waals surface area contributed by atoms with Crippen LogP contribution in [0, 0.1) is 5.92 Å². The molecule has 0 aromatic rings. The highest BCUT2D eigenvalue weighted by molar-refractivity contribution is 7.99. The third-order valence-electron chi connectivity index (χ3n) is 2.31. The van der Waals surface area contributed by atoms with Crippen LogP contribution in [-0.4, -0.2) is 30.6 Å². The maximum absolute atomic E-state index is 5.69. The second-order valence-electron chi connectivity index (χ2n) is 3.16. The second-order valence-corrected chi connectivity index (χ2v) is 4.31. The van der Waals surface area contributed by atoms with Crippen LogP contribution in [0.2, 0.25) is 0 Å². The smallest absolute Gasteiger partial charge is 0.0229 e. The Hall–Kier alpha value is 0.0100. The van der Waals surface area contributed by atoms with E-state index in [9.17, 15) is 0 Å². The Labute approximate surface area is 79.0 Å². The second kappa shape index (κ2) is 5.62. The third-order valence-corrected chi connectivity index (χ3v) is 3.50. The Balaban J connectivity index is 2.27. The average molecular weight is 186 g/mol. The molecule has 3 heteroatoms. The van der Waals surface area contributed by atoms with Gasteiger partial charge in [-0.25, -0.2) is 0 Å². The van der Waals surface area contributed by atoms with Crippen molar-refractivity contribution in [2.24, 2.45) is 11.7 Å². The fraction of sp³-hybridized carbons (Fsp3) is 0.778. The molecule has 1 aliphatic heterocycles. The van der Waals surface area contributed by atoms with Crippen LogP contribution < -0.4 is 11.1 Å². The van der Waals surface area contributed by atoms with Gasteiger partial charge in [-0.3, -0.25) is 0 Å². The SMILES string of the molecule is C=CCNC(CN)C1CCSC1. The fourth-order valence-corrected chi connectivity index (χ4v) is 2.89. The molecule has 2 nitrogen and oxygen atoms in total. The summed E-state index contributed by atoms with van der Waals surface area (Å²) in [5.74, 6) is 3.35. The standard InChI is InChI=1S/C9H18N2S/c1-2-4-11-9(6-10)8-3-5-12-7-8/h2,8-9,11H,1,3-7,10H2. The molecule has 0 radical (unpaired) electrons. The number of hydrogen-bond donors (Lipinski definition) is 2. The molecule has 0 amide bonds. The van der Waals surface area contributed by atoms with Gasteiger partial charge in [-0.15, -0.1) is 6.58 Å². The molecule has 3 N–H and O–H groups in total. The quantitative estimate of drug-likeness (QED) is 0.625. The highest BCUT2D eigenvalue weighted by Gasteiger charge is 2.23. The Morgan fingerprint density at radius 3 is 3.08 bits per heavy atom. The van der Waals surface area contributed by atoms with Gasteiger partial charge in [0.05, 0.1) is 0 Å². The normalized spacial score (nSPS) is 25.6. The summed E-state index contributed by atoms with van der Waals surface area (Å²) in [6.45, 7) is 5.31. The molecule has 1 rings (SSSR count). The first-order valence-corrected chi connectivity index (χ1v) is 5.66. The first-order valence-electron chi connectivity index (χ1n) is 4.50. The summed E-state index contributed by atoms with van der Waals surface area (Å²) >= 11 is 2.04. The molecule has 1 fully saturated rings. The van der Waals surface area contributed by atoms with Crippen LogP contribution in [0.4, 0.5) is 0 Å². The Morgan fingerprint density at radius 1 is 1.75 bits per heavy atom. The van der Waals surface area contributed by atoms with E-state index in [1.54, 1.807) is 0 Å². The van der Waals surface area contributed by atoms with Gasteiger partial charge in [0.1, 0.15) is 0 Å². The minimum absolute atomic E-state index is 0.498. The lowest BCUT2D eigenvalue weighted by atomic mass is 9.99. The van der Waals surface area contributed by atoms with Gasteiger partial charge >= 0.3 is 0 Å². The first kappa shape index (κ1) is 10.1. The molecule has 70 valence electrons. The Bertz CT molecular complexity index is 132. The van der Waals surface area contributed by atoms with E-state index >= 15 is 0 Å². The molecule has 1 saturated heterocycles. The molecule has 0 aromatic carbocycles. The van der Waals surface area contributed by atoms with Crippen molar-refractivity contribution in [1.29, 1.82) is 0 Å². The maximum atomic E-state index is 5.69. The van der Waals surface area contributed by atoms with Crippen LogP contribution in [0.25, 0.3) is 0 Å². The molecule has 0 spiro atoms. The lowest BCUT2D eigenvalue weighted by Gasteiger charge is -2.21. The summed E-state index contributed by atoms with van der Waals surface area (Å²) in [6.07, 6.45) is 3.21. The van der Waals surface area contributed by atoms with E-state index in [0.29, 0.717) is 6.04 Å². The number of hydrogen-bond acceptors (Lipinski definition) is 3. The Morgan fingerprint density at radius 2 is 2.58 bits per heavy atom. The zero-order valence-electron chi connectivity index (χ0n) is 7.46. The van der Waals surface area contributed by atoms with Gasteiger partial charge < -0.3 is 11.1 Å². The third kappa shape index (κ3) is 2.81. The zero-order chi connectivity index (χ0) is 8.81. The van der Waals surface area contributed by atoms with Crippen molar-refractivity contribution in [1.82, 2.24) is 5.32 Å². The van der Waals surface area contributed by atoms with E-state index in [0.717, 1.165) is 19.0 Å². The highest BCUT2D eigenvalue weighted by Crippen LogP contribution is 2.25. The largest absolute Gasteiger partial charge is 0.329 e. The van der Waals surface area contributed by atoms with Gasteiger partial charge in [0.2, 0.25) is 0 Å². The van der Waals surface area contributed by atoms with Gasteiger partial charge in [-0.1, -0.05) is 6.08 Å². The monoisotopic (exact) mass is 186 g/mol. The lowest BCUT2D eigenvalue weighted by Crippen LogP contribution is -2.42. The lowest BCUT2D eigenvalue weighted by molar-refractivity contribution is 0.402. The summed E-state index contributed by atoms with van der Waals surface area (Å²) in [4.78, 5) is 0. The molecule has 12 heavy (non-hydrogen) atoms. The number of nitrogens with one attached hydrogen (secondary N) is 1. The van der Waals surface area contributed by atoms with E-state index in [1.807, 2.05) is 17.8 Å². The van der Waals surface area contributed by atoms with Crippen molar-refractivity contribution in [2.75, 3.05) is 24.6 Å². The molecule has 2 unspecified atom stereocenters. The zero-order valence-corrected chi connectivity index (χ0v) is 8.28. The van der Waals surface area contributed by atoms with Crippen molar-refractivity contribution >= 4 is 11.8 Å². The van der Waals surface area contributed by atoms with Crippen LogP contribution in [0.15, 0.2) is 12.7 Å². The highest BCUT2D eigenvalue weighted by atomic mass is 32.2. The van der Waals surface area contributed by atoms with E-state index in [-0.39, 0.29) is 0 Å². The minimum atomic E-state index is 0.498. The molecule has 0 aromatic heterocycles. The predicted octanol–water partition coefficient (Wildman–Crippen LogP) is 0.842. The van der Waals surface area contributed by atoms with Crippen LogP contribution in [0.1, 0.15) is 6.42 Å². The van der Waals surface area contributed by atoms with E-state index in [1.165, 1.54) is 17.9 Å². The van der Waals surface area contributed by atoms with Gasteiger partial charge in [0, 0.05) is 19.1 Å². The fourth-order valence-electron chi connectivity index (χ4n) is 1.55. The van der Waals surface area contributed by atoms with Crippen molar-refractivity contribution in [2.45, 2.75) is 12.5 Å². The molecule has 0 bridgehead atoms. The Kier molecular flexibility index (Phi) is 4.73. The van der Waals surface area contributed by atoms with E-state index < -0.39 is 0 Å². The van der Waals surface area contributed by atoms with Crippen molar-refractivity contribution in [3.05, 3.63) is 12.7 Å². The molecule has 1 heterocycles. The molecular formula is C9H18N2S. The number of thioether (sulfide) groups is 1. The first-order chi connectivity index (χ1) is 5.88. The van der Waals surface area contributed by atoms with E-state index in [4.69, 9.17) is 5.73 Å². The maximum Gasteiger partial charge on any atom is 0.0229 e. The summed E-state index contributed by atoms with van der Waals surface area (Å²) in [7, 11) is 0. The van der Waals surface area contributed by atoms with Crippen molar-refractivity contribution in [3.8, 4) is 0 Å². The van der Waals surface area contributed by atoms with Crippen LogP contribution in [0.3, 0.4) is 0 Å². The van der Waals surface area contributed by atoms with Crippen LogP contribution in [0.5, 0.6) is 0 Å². The number of nitrogens with two attached hydrogens (primary N) is 1. The summed E-state index contributed by atoms with van der Waals surface area (Å²) in [5.41, 5.74) is 5.69. The summed E-state index contributed by atoms with van der Waals surface area (Å²) in [5, 5.41) is 3.40. The van der Waals surface area contributed by atoms with Crippen LogP contribution in [-0.2, 0) is 0 Å². The van der Waals surface area contributed by atoms with Crippen LogP contribution >= 0.6 is 11.8 Å². The summed E-state index contributed by atoms with van der Waals surface area (Å²) in [6, 6.07) is 0.498. The van der Waals surface area contributed by atoms with Crippen molar-refractivity contribution < 1.29 is 0 Å². The topological polar surface area (TPSA) is 38.0 Å². The van der Waals surface area contributed by atoms with E-state index in [2.05, 4.69) is 11.9 Å². The average Bonchev–Trinajstić information content (AvgIpc) is 2.59. The molecule has 2 atom stereocenters. The van der Waals surface area contributed by atoms with Crippen molar-refractivity contribution in [3.63, 3.8) is 0 Å². The van der Waals surface area contributed by atoms with Gasteiger partial charge in [0.15, 0.2) is 0 Å². The molecule has 0 saturated carbocycles. The van der Waals surface area contributed by atoms with Gasteiger partial charge in [-0.2, -0.15) is 11.8 Å². The molecule has 0 aliphatic carbocycles. The summed E-state index contributed by atoms with van der Waals surface area (Å²) < 4.78 is 0.